The van der Waals surface area contributed by atoms with Crippen molar-refractivity contribution in [1.29, 1.82) is 0 Å². The Balaban J connectivity index is 0.00000121. The fraction of sp³-hybridized carbons (Fsp3) is 0.875. The first-order chi connectivity index (χ1) is 5.20. The van der Waals surface area contributed by atoms with Gasteiger partial charge < -0.3 is 10.2 Å². The van der Waals surface area contributed by atoms with Crippen LogP contribution < -0.4 is 5.32 Å². The second-order valence-corrected chi connectivity index (χ2v) is 3.21. The van der Waals surface area contributed by atoms with Crippen molar-refractivity contribution in [3.63, 3.8) is 0 Å². The third-order valence-corrected chi connectivity index (χ3v) is 2.26. The van der Waals surface area contributed by atoms with Crippen molar-refractivity contribution in [3.8, 4) is 0 Å². The zero-order valence-electron chi connectivity index (χ0n) is 7.26. The molecule has 66 valence electrons. The third kappa shape index (κ3) is 2.50. The van der Waals surface area contributed by atoms with Gasteiger partial charge in [-0.1, -0.05) is 0 Å². The van der Waals surface area contributed by atoms with Crippen molar-refractivity contribution in [2.24, 2.45) is 0 Å². The molecule has 11 heavy (non-hydrogen) atoms. The zero-order chi connectivity index (χ0) is 8.27. The number of likely N-dealkylation sites (tertiary alicyclic amines) is 1. The van der Waals surface area contributed by atoms with Crippen molar-refractivity contribution < 1.29 is 6.22 Å². The number of carbonyl (C=O) groups excluding carboxylic acids is 1. The van der Waals surface area contributed by atoms with Gasteiger partial charge in [0.15, 0.2) is 0 Å². The van der Waals surface area contributed by atoms with E-state index in [4.69, 9.17) is 0 Å². The van der Waals surface area contributed by atoms with Gasteiger partial charge in [0.1, 0.15) is 0 Å². The second kappa shape index (κ2) is 3.72. The Kier molecular flexibility index (Phi) is 2.88. The maximum absolute atomic E-state index is 10.6. The Hall–Kier alpha value is -0.570. The molecule has 1 rings (SSSR count). The number of hydrogen-bond acceptors (Lipinski definition) is 2. The summed E-state index contributed by atoms with van der Waals surface area (Å²) in [4.78, 5) is 12.9. The predicted octanol–water partition coefficient (Wildman–Crippen LogP) is 0.463. The maximum Gasteiger partial charge on any atom is 0.216 e. The molecule has 1 saturated heterocycles. The topological polar surface area (TPSA) is 32.3 Å². The fourth-order valence-corrected chi connectivity index (χ4v) is 1.50. The second-order valence-electron chi connectivity index (χ2n) is 3.21. The molecule has 3 nitrogen and oxygen atoms in total. The SMILES string of the molecule is CC(=O)NC[C@@H]1CCCN1C.[HH]. The van der Waals surface area contributed by atoms with Crippen LogP contribution in [-0.4, -0.2) is 37.0 Å². The maximum atomic E-state index is 10.6. The molecule has 1 atom stereocenters. The van der Waals surface area contributed by atoms with Crippen LogP contribution in [0, 0.1) is 0 Å². The minimum Gasteiger partial charge on any atom is -0.355 e. The molecule has 1 N–H and O–H groups in total. The van der Waals surface area contributed by atoms with E-state index in [1.807, 2.05) is 0 Å². The van der Waals surface area contributed by atoms with E-state index < -0.39 is 0 Å². The van der Waals surface area contributed by atoms with Crippen molar-refractivity contribution >= 4 is 5.91 Å². The zero-order valence-corrected chi connectivity index (χ0v) is 7.26. The first kappa shape index (κ1) is 8.53. The highest BCUT2D eigenvalue weighted by Crippen LogP contribution is 2.13. The lowest BCUT2D eigenvalue weighted by molar-refractivity contribution is -0.119. The van der Waals surface area contributed by atoms with Crippen molar-refractivity contribution in [2.75, 3.05) is 20.1 Å². The number of carbonyl (C=O) groups is 1. The summed E-state index contributed by atoms with van der Waals surface area (Å²) < 4.78 is 0. The van der Waals surface area contributed by atoms with Gasteiger partial charge in [-0.2, -0.15) is 0 Å². The van der Waals surface area contributed by atoms with Crippen LogP contribution >= 0.6 is 0 Å². The number of likely N-dealkylation sites (N-methyl/N-ethyl adjacent to an activating group) is 1. The Labute approximate surface area is 69.2 Å². The molecular weight excluding hydrogens is 140 g/mol. The van der Waals surface area contributed by atoms with Gasteiger partial charge in [-0.25, -0.2) is 0 Å². The average molecular weight is 158 g/mol. The Morgan fingerprint density at radius 2 is 2.55 bits per heavy atom. The predicted molar refractivity (Wildman–Crippen MR) is 46.4 cm³/mol. The quantitative estimate of drug-likeness (QED) is 0.633. The van der Waals surface area contributed by atoms with E-state index >= 15 is 0 Å². The molecule has 0 radical (unpaired) electrons. The number of nitrogens with one attached hydrogen (secondary N) is 1. The molecule has 0 spiro atoms. The summed E-state index contributed by atoms with van der Waals surface area (Å²) in [5.41, 5.74) is 0. The largest absolute Gasteiger partial charge is 0.355 e. The minimum atomic E-state index is 0. The van der Waals surface area contributed by atoms with Crippen LogP contribution in [0.1, 0.15) is 21.2 Å². The van der Waals surface area contributed by atoms with E-state index in [1.54, 1.807) is 6.92 Å². The molecule has 0 aromatic carbocycles. The van der Waals surface area contributed by atoms with Crippen molar-refractivity contribution in [2.45, 2.75) is 25.8 Å². The average Bonchev–Trinajstić information content (AvgIpc) is 2.31. The van der Waals surface area contributed by atoms with Gasteiger partial charge in [0, 0.05) is 20.9 Å². The van der Waals surface area contributed by atoms with Gasteiger partial charge in [-0.05, 0) is 26.4 Å². The fourth-order valence-electron chi connectivity index (χ4n) is 1.50. The summed E-state index contributed by atoms with van der Waals surface area (Å²) in [6.45, 7) is 3.55. The van der Waals surface area contributed by atoms with E-state index in [1.165, 1.54) is 19.4 Å². The number of rotatable bonds is 2. The molecule has 3 heteroatoms. The highest BCUT2D eigenvalue weighted by atomic mass is 16.1. The minimum absolute atomic E-state index is 0. The summed E-state index contributed by atoms with van der Waals surface area (Å²) in [5, 5.41) is 2.84. The summed E-state index contributed by atoms with van der Waals surface area (Å²) in [7, 11) is 2.11. The van der Waals surface area contributed by atoms with Crippen molar-refractivity contribution in [3.05, 3.63) is 0 Å². The number of amides is 1. The Bertz CT molecular complexity index is 152. The molecule has 1 heterocycles. The number of hydrogen-bond donors (Lipinski definition) is 1. The van der Waals surface area contributed by atoms with Crippen LogP contribution in [0.3, 0.4) is 0 Å². The molecule has 0 aliphatic carbocycles. The van der Waals surface area contributed by atoms with E-state index in [-0.39, 0.29) is 7.33 Å². The molecule has 1 amide bonds. The Morgan fingerprint density at radius 1 is 1.82 bits per heavy atom. The summed E-state index contributed by atoms with van der Waals surface area (Å²) in [6.07, 6.45) is 2.48. The molecule has 1 aliphatic rings. The van der Waals surface area contributed by atoms with Gasteiger partial charge in [0.25, 0.3) is 0 Å². The van der Waals surface area contributed by atoms with Crippen LogP contribution in [0.15, 0.2) is 0 Å². The molecule has 0 saturated carbocycles. The highest BCUT2D eigenvalue weighted by molar-refractivity contribution is 5.72. The van der Waals surface area contributed by atoms with Gasteiger partial charge in [0.05, 0.1) is 0 Å². The van der Waals surface area contributed by atoms with E-state index in [9.17, 15) is 4.79 Å². The van der Waals surface area contributed by atoms with E-state index in [2.05, 4.69) is 17.3 Å². The Morgan fingerprint density at radius 3 is 3.00 bits per heavy atom. The summed E-state index contributed by atoms with van der Waals surface area (Å²) in [5.74, 6) is 0.0744. The summed E-state index contributed by atoms with van der Waals surface area (Å²) in [6, 6.07) is 0.568. The van der Waals surface area contributed by atoms with E-state index in [0.29, 0.717) is 6.04 Å². The molecule has 0 bridgehead atoms. The standard InChI is InChI=1S/C8H16N2O.H2/c1-7(11)9-6-8-4-3-5-10(8)2;/h8H,3-6H2,1-2H3,(H,9,11);1H/t8-;/m0./s1. The smallest absolute Gasteiger partial charge is 0.216 e. The lowest BCUT2D eigenvalue weighted by Gasteiger charge is -2.18. The van der Waals surface area contributed by atoms with Crippen molar-refractivity contribution in [1.82, 2.24) is 10.2 Å². The highest BCUT2D eigenvalue weighted by Gasteiger charge is 2.20. The van der Waals surface area contributed by atoms with Crippen LogP contribution in [0.25, 0.3) is 0 Å². The molecule has 1 fully saturated rings. The lowest BCUT2D eigenvalue weighted by Crippen LogP contribution is -2.37. The van der Waals surface area contributed by atoms with Gasteiger partial charge in [-0.15, -0.1) is 0 Å². The molecule has 0 aromatic rings. The normalized spacial score (nSPS) is 25.5. The molecular formula is C8H18N2O. The summed E-state index contributed by atoms with van der Waals surface area (Å²) >= 11 is 0. The van der Waals surface area contributed by atoms with Crippen LogP contribution in [-0.2, 0) is 4.79 Å². The van der Waals surface area contributed by atoms with Crippen LogP contribution in [0.2, 0.25) is 0 Å². The number of nitrogens with zero attached hydrogens (tertiary/aromatic N) is 1. The third-order valence-electron chi connectivity index (χ3n) is 2.26. The van der Waals surface area contributed by atoms with Gasteiger partial charge in [-0.3, -0.25) is 4.79 Å². The van der Waals surface area contributed by atoms with Crippen LogP contribution in [0.4, 0.5) is 0 Å². The molecule has 0 unspecified atom stereocenters. The van der Waals surface area contributed by atoms with E-state index in [0.717, 1.165) is 6.54 Å². The lowest BCUT2D eigenvalue weighted by atomic mass is 10.2. The monoisotopic (exact) mass is 158 g/mol. The van der Waals surface area contributed by atoms with Crippen LogP contribution in [0.5, 0.6) is 0 Å². The first-order valence-corrected chi connectivity index (χ1v) is 4.15. The first-order valence-electron chi connectivity index (χ1n) is 4.15. The van der Waals surface area contributed by atoms with Gasteiger partial charge >= 0.3 is 0 Å². The van der Waals surface area contributed by atoms with Gasteiger partial charge in [0.2, 0.25) is 5.91 Å². The molecule has 0 aromatic heterocycles. The molecule has 1 aliphatic heterocycles.